The van der Waals surface area contributed by atoms with E-state index in [2.05, 4.69) is 91.2 Å². The molecule has 1 amide bonds. The Labute approximate surface area is 294 Å². The normalized spacial score (nSPS) is 23.6. The minimum atomic E-state index is -1.59. The van der Waals surface area contributed by atoms with Crippen LogP contribution >= 0.6 is 0 Å². The number of aliphatic hydroxyl groups excluding tert-OH is 5. The lowest BCUT2D eigenvalue weighted by Gasteiger charge is -2.40. The first-order valence-corrected chi connectivity index (χ1v) is 17.9. The maximum Gasteiger partial charge on any atom is 0.220 e. The van der Waals surface area contributed by atoms with Gasteiger partial charge in [-0.15, -0.1) is 0 Å². The fourth-order valence-corrected chi connectivity index (χ4v) is 4.81. The lowest BCUT2D eigenvalue weighted by atomic mass is 9.99. The van der Waals surface area contributed by atoms with E-state index in [0.717, 1.165) is 57.8 Å². The van der Waals surface area contributed by atoms with E-state index in [4.69, 9.17) is 9.47 Å². The fraction of sp³-hybridized carbons (Fsp3) is 0.575. The van der Waals surface area contributed by atoms with Crippen molar-refractivity contribution in [1.82, 2.24) is 5.32 Å². The van der Waals surface area contributed by atoms with Crippen molar-refractivity contribution in [3.63, 3.8) is 0 Å². The molecule has 276 valence electrons. The highest BCUT2D eigenvalue weighted by Crippen LogP contribution is 2.22. The lowest BCUT2D eigenvalue weighted by molar-refractivity contribution is -0.302. The van der Waals surface area contributed by atoms with Crippen molar-refractivity contribution >= 4 is 5.91 Å². The first-order chi connectivity index (χ1) is 23.8. The molecule has 0 aromatic heterocycles. The zero-order chi connectivity index (χ0) is 36.0. The van der Waals surface area contributed by atoms with E-state index in [0.29, 0.717) is 12.8 Å². The van der Waals surface area contributed by atoms with Gasteiger partial charge in [0, 0.05) is 6.42 Å². The van der Waals surface area contributed by atoms with Crippen LogP contribution in [0.2, 0.25) is 0 Å². The number of hydrogen-bond acceptors (Lipinski definition) is 8. The van der Waals surface area contributed by atoms with Gasteiger partial charge in [-0.2, -0.15) is 0 Å². The van der Waals surface area contributed by atoms with Crippen LogP contribution in [0.15, 0.2) is 97.2 Å². The Kier molecular flexibility index (Phi) is 27.0. The first kappa shape index (κ1) is 44.1. The number of carbonyl (C=O) groups excluding carboxylic acids is 1. The number of aliphatic hydroxyl groups is 5. The van der Waals surface area contributed by atoms with Gasteiger partial charge in [-0.3, -0.25) is 4.79 Å². The number of allylic oxidation sites excluding steroid dienone is 15. The summed E-state index contributed by atoms with van der Waals surface area (Å²) in [5.41, 5.74) is 0. The molecule has 6 N–H and O–H groups in total. The quantitative estimate of drug-likeness (QED) is 0.0493. The van der Waals surface area contributed by atoms with E-state index in [1.165, 1.54) is 0 Å². The van der Waals surface area contributed by atoms with Crippen LogP contribution in [0.25, 0.3) is 0 Å². The summed E-state index contributed by atoms with van der Waals surface area (Å²) in [6.45, 7) is 3.31. The molecule has 1 rings (SSSR count). The van der Waals surface area contributed by atoms with E-state index < -0.39 is 49.5 Å². The van der Waals surface area contributed by atoms with Gasteiger partial charge in [0.2, 0.25) is 5.91 Å². The molecular weight excluding hydrogens is 622 g/mol. The molecule has 7 unspecified atom stereocenters. The molecule has 0 bridgehead atoms. The summed E-state index contributed by atoms with van der Waals surface area (Å²) < 4.78 is 11.1. The molecule has 7 atom stereocenters. The molecule has 9 heteroatoms. The van der Waals surface area contributed by atoms with Crippen molar-refractivity contribution in [2.75, 3.05) is 13.2 Å². The number of nitrogens with one attached hydrogen (secondary N) is 1. The van der Waals surface area contributed by atoms with Gasteiger partial charge >= 0.3 is 0 Å². The number of carbonyl (C=O) groups is 1. The Bertz CT molecular complexity index is 1070. The Balaban J connectivity index is 2.53. The van der Waals surface area contributed by atoms with Gasteiger partial charge in [0.25, 0.3) is 0 Å². The SMILES string of the molecule is C/C=C/CC/C=C/CC/C=C/C(O)C(COC1OC(CO)C(O)C(O)C1O)NC(=O)CCC/C=C\C/C=C\C/C=C\C/C=C\C/C=C\CC. The molecule has 1 aliphatic heterocycles. The minimum absolute atomic E-state index is 0.237. The molecule has 0 aromatic carbocycles. The fourth-order valence-electron chi connectivity index (χ4n) is 4.81. The van der Waals surface area contributed by atoms with Gasteiger partial charge in [0.05, 0.1) is 25.4 Å². The molecule has 1 aliphatic rings. The molecule has 0 spiro atoms. The number of unbranched alkanes of at least 4 members (excludes halogenated alkanes) is 3. The molecule has 0 aromatic rings. The van der Waals surface area contributed by atoms with Gasteiger partial charge in [0.15, 0.2) is 6.29 Å². The number of ether oxygens (including phenoxy) is 2. The van der Waals surface area contributed by atoms with Gasteiger partial charge in [-0.25, -0.2) is 0 Å². The summed E-state index contributed by atoms with van der Waals surface area (Å²) in [4.78, 5) is 12.8. The average molecular weight is 686 g/mol. The van der Waals surface area contributed by atoms with Gasteiger partial charge in [0.1, 0.15) is 24.4 Å². The highest BCUT2D eigenvalue weighted by Gasteiger charge is 2.44. The largest absolute Gasteiger partial charge is 0.394 e. The van der Waals surface area contributed by atoms with Crippen molar-refractivity contribution < 1.29 is 39.8 Å². The second-order valence-electron chi connectivity index (χ2n) is 11.9. The van der Waals surface area contributed by atoms with Crippen LogP contribution in [0.1, 0.15) is 90.9 Å². The predicted octanol–water partition coefficient (Wildman–Crippen LogP) is 5.82. The summed E-state index contributed by atoms with van der Waals surface area (Å²) in [7, 11) is 0. The van der Waals surface area contributed by atoms with Crippen LogP contribution in [0.3, 0.4) is 0 Å². The van der Waals surface area contributed by atoms with Crippen molar-refractivity contribution in [1.29, 1.82) is 0 Å². The van der Waals surface area contributed by atoms with Crippen LogP contribution < -0.4 is 5.32 Å². The Morgan fingerprint density at radius 2 is 1.27 bits per heavy atom. The molecule has 0 saturated carbocycles. The molecule has 1 saturated heterocycles. The summed E-state index contributed by atoms with van der Waals surface area (Å²) in [6.07, 6.45) is 34.8. The predicted molar refractivity (Wildman–Crippen MR) is 198 cm³/mol. The van der Waals surface area contributed by atoms with Crippen LogP contribution in [-0.2, 0) is 14.3 Å². The number of amides is 1. The summed E-state index contributed by atoms with van der Waals surface area (Å²) in [5, 5.41) is 53.6. The third-order valence-electron chi connectivity index (χ3n) is 7.72. The van der Waals surface area contributed by atoms with Crippen LogP contribution in [0.4, 0.5) is 0 Å². The molecule has 1 heterocycles. The molecule has 49 heavy (non-hydrogen) atoms. The highest BCUT2D eigenvalue weighted by atomic mass is 16.7. The maximum atomic E-state index is 12.8. The van der Waals surface area contributed by atoms with Crippen molar-refractivity contribution in [3.8, 4) is 0 Å². The van der Waals surface area contributed by atoms with Crippen LogP contribution in [0.5, 0.6) is 0 Å². The topological polar surface area (TPSA) is 149 Å². The monoisotopic (exact) mass is 685 g/mol. The van der Waals surface area contributed by atoms with E-state index in [9.17, 15) is 30.3 Å². The second kappa shape index (κ2) is 30.0. The van der Waals surface area contributed by atoms with Gasteiger partial charge in [-0.05, 0) is 77.6 Å². The minimum Gasteiger partial charge on any atom is -0.394 e. The molecule has 0 aliphatic carbocycles. The van der Waals surface area contributed by atoms with Crippen molar-refractivity contribution in [2.45, 2.75) is 134 Å². The molecular formula is C40H63NO8. The van der Waals surface area contributed by atoms with E-state index in [1.807, 2.05) is 19.1 Å². The van der Waals surface area contributed by atoms with Crippen molar-refractivity contribution in [2.24, 2.45) is 0 Å². The summed E-state index contributed by atoms with van der Waals surface area (Å²) in [5.74, 6) is -0.258. The average Bonchev–Trinajstić information content (AvgIpc) is 3.10. The third-order valence-corrected chi connectivity index (χ3v) is 7.72. The second-order valence-corrected chi connectivity index (χ2v) is 11.9. The smallest absolute Gasteiger partial charge is 0.220 e. The third kappa shape index (κ3) is 21.7. The first-order valence-electron chi connectivity index (χ1n) is 17.9. The van der Waals surface area contributed by atoms with Crippen LogP contribution in [-0.4, -0.2) is 87.5 Å². The van der Waals surface area contributed by atoms with Crippen molar-refractivity contribution in [3.05, 3.63) is 97.2 Å². The van der Waals surface area contributed by atoms with E-state index >= 15 is 0 Å². The van der Waals surface area contributed by atoms with Gasteiger partial charge in [-0.1, -0.05) is 104 Å². The number of hydrogen-bond donors (Lipinski definition) is 6. The maximum absolute atomic E-state index is 12.8. The highest BCUT2D eigenvalue weighted by molar-refractivity contribution is 5.76. The zero-order valence-corrected chi connectivity index (χ0v) is 29.6. The Hall–Kier alpha value is -2.89. The number of rotatable bonds is 26. The zero-order valence-electron chi connectivity index (χ0n) is 29.6. The van der Waals surface area contributed by atoms with E-state index in [1.54, 1.807) is 6.08 Å². The summed E-state index contributed by atoms with van der Waals surface area (Å²) in [6, 6.07) is -0.860. The Morgan fingerprint density at radius 1 is 0.735 bits per heavy atom. The Morgan fingerprint density at radius 3 is 1.84 bits per heavy atom. The molecule has 0 radical (unpaired) electrons. The molecule has 9 nitrogen and oxygen atoms in total. The lowest BCUT2D eigenvalue weighted by Crippen LogP contribution is -2.60. The standard InChI is InChI=1S/C40H63NO8/c1-3-5-7-9-11-13-14-15-16-17-18-19-20-22-24-26-28-30-36(44)41-33(34(43)29-27-25-23-21-12-10-8-6-4-2)32-48-40-39(47)38(46)37(45)35(31-42)49-40/h4-7,11-13,15-16,18-19,21-22,24,27,29,33-35,37-40,42-43,45-47H,3,8-10,14,17,20,23,25-26,28,30-32H2,1-2H3,(H,41,44)/b6-4+,7-5-,13-11-,16-15-,19-18-,21-12+,24-22-,29-27+. The van der Waals surface area contributed by atoms with Crippen LogP contribution in [0, 0.1) is 0 Å². The molecule has 1 fully saturated rings. The summed E-state index contributed by atoms with van der Waals surface area (Å²) >= 11 is 0. The van der Waals surface area contributed by atoms with E-state index in [-0.39, 0.29) is 18.9 Å². The van der Waals surface area contributed by atoms with Gasteiger partial charge < -0.3 is 40.3 Å².